The molecule has 1 heterocycles. The van der Waals surface area contributed by atoms with Crippen molar-refractivity contribution in [2.75, 3.05) is 18.4 Å². The Labute approximate surface area is 67.5 Å². The monoisotopic (exact) mass is 209 g/mol. The molecular formula is C6H9BrFNO. The maximum absolute atomic E-state index is 12.7. The Morgan fingerprint density at radius 3 is 2.60 bits per heavy atom. The molecule has 0 aliphatic carbocycles. The number of carbonyl (C=O) groups is 1. The number of carbonyl (C=O) groups excluding carboxylic acids is 1. The van der Waals surface area contributed by atoms with Crippen molar-refractivity contribution in [3.05, 3.63) is 0 Å². The Morgan fingerprint density at radius 1 is 1.80 bits per heavy atom. The summed E-state index contributed by atoms with van der Waals surface area (Å²) in [6.07, 6.45) is 0. The van der Waals surface area contributed by atoms with Gasteiger partial charge in [-0.1, -0.05) is 15.9 Å². The number of amides is 1. The van der Waals surface area contributed by atoms with E-state index in [0.717, 1.165) is 0 Å². The first-order valence-electron chi connectivity index (χ1n) is 3.08. The Bertz CT molecular complexity index is 152. The molecule has 1 rings (SSSR count). The van der Waals surface area contributed by atoms with E-state index < -0.39 is 5.67 Å². The smallest absolute Gasteiger partial charge is 0.233 e. The highest BCUT2D eigenvalue weighted by Crippen LogP contribution is 2.24. The van der Waals surface area contributed by atoms with Crippen molar-refractivity contribution in [2.24, 2.45) is 0 Å². The molecule has 0 aromatic rings. The van der Waals surface area contributed by atoms with Crippen LogP contribution in [0.15, 0.2) is 0 Å². The molecule has 1 fully saturated rings. The van der Waals surface area contributed by atoms with Crippen LogP contribution in [0, 0.1) is 0 Å². The summed E-state index contributed by atoms with van der Waals surface area (Å²) in [5.41, 5.74) is -1.14. The zero-order chi connectivity index (χ0) is 7.78. The average molecular weight is 210 g/mol. The number of hydrogen-bond donors (Lipinski definition) is 0. The van der Waals surface area contributed by atoms with Crippen molar-refractivity contribution in [1.82, 2.24) is 4.90 Å². The number of likely N-dealkylation sites (tertiary alicyclic amines) is 1. The molecule has 0 radical (unpaired) electrons. The highest BCUT2D eigenvalue weighted by molar-refractivity contribution is 9.09. The lowest BCUT2D eigenvalue weighted by Gasteiger charge is -2.41. The van der Waals surface area contributed by atoms with Crippen LogP contribution in [0.2, 0.25) is 0 Å². The van der Waals surface area contributed by atoms with Crippen LogP contribution in [0.3, 0.4) is 0 Å². The highest BCUT2D eigenvalue weighted by atomic mass is 79.9. The van der Waals surface area contributed by atoms with Crippen molar-refractivity contribution < 1.29 is 9.18 Å². The molecule has 10 heavy (non-hydrogen) atoms. The Balaban J connectivity index is 2.33. The summed E-state index contributed by atoms with van der Waals surface area (Å²) in [5.74, 6) is -0.0323. The third-order valence-corrected chi connectivity index (χ3v) is 1.99. The minimum Gasteiger partial charge on any atom is -0.335 e. The second-order valence-corrected chi connectivity index (χ2v) is 3.36. The summed E-state index contributed by atoms with van der Waals surface area (Å²) in [7, 11) is 0. The standard InChI is InChI=1S/C6H9BrFNO/c1-6(8)3-9(4-6)5(10)2-7/h2-4H2,1H3. The van der Waals surface area contributed by atoms with E-state index in [4.69, 9.17) is 0 Å². The molecular weight excluding hydrogens is 201 g/mol. The molecule has 1 aliphatic heterocycles. The van der Waals surface area contributed by atoms with Crippen LogP contribution in [0.1, 0.15) is 6.92 Å². The molecule has 0 unspecified atom stereocenters. The molecule has 4 heteroatoms. The van der Waals surface area contributed by atoms with Crippen LogP contribution < -0.4 is 0 Å². The predicted octanol–water partition coefficient (Wildman–Crippen LogP) is 0.952. The van der Waals surface area contributed by atoms with E-state index in [-0.39, 0.29) is 19.0 Å². The van der Waals surface area contributed by atoms with Crippen LogP contribution in [0.25, 0.3) is 0 Å². The molecule has 1 amide bonds. The maximum Gasteiger partial charge on any atom is 0.233 e. The summed E-state index contributed by atoms with van der Waals surface area (Å²) in [6.45, 7) is 2.00. The first kappa shape index (κ1) is 7.98. The van der Waals surface area contributed by atoms with Gasteiger partial charge in [-0.25, -0.2) is 4.39 Å². The maximum atomic E-state index is 12.7. The zero-order valence-corrected chi connectivity index (χ0v) is 7.32. The van der Waals surface area contributed by atoms with E-state index in [9.17, 15) is 9.18 Å². The van der Waals surface area contributed by atoms with Crippen LogP contribution >= 0.6 is 15.9 Å². The fraction of sp³-hybridized carbons (Fsp3) is 0.833. The highest BCUT2D eigenvalue weighted by Gasteiger charge is 2.40. The van der Waals surface area contributed by atoms with Crippen LogP contribution in [-0.4, -0.2) is 34.9 Å². The summed E-state index contributed by atoms with van der Waals surface area (Å²) >= 11 is 3.01. The summed E-state index contributed by atoms with van der Waals surface area (Å²) in [5, 5.41) is 0.295. The second-order valence-electron chi connectivity index (χ2n) is 2.80. The fourth-order valence-corrected chi connectivity index (χ4v) is 1.37. The zero-order valence-electron chi connectivity index (χ0n) is 5.73. The van der Waals surface area contributed by atoms with E-state index in [1.54, 1.807) is 0 Å². The second kappa shape index (κ2) is 2.49. The van der Waals surface area contributed by atoms with Crippen molar-refractivity contribution in [1.29, 1.82) is 0 Å². The van der Waals surface area contributed by atoms with Gasteiger partial charge in [-0.05, 0) is 6.92 Å². The molecule has 0 bridgehead atoms. The molecule has 0 aromatic carbocycles. The fourth-order valence-electron chi connectivity index (χ4n) is 1.01. The van der Waals surface area contributed by atoms with Crippen LogP contribution in [0.4, 0.5) is 4.39 Å². The first-order chi connectivity index (χ1) is 4.55. The number of nitrogens with zero attached hydrogens (tertiary/aromatic N) is 1. The quantitative estimate of drug-likeness (QED) is 0.590. The molecule has 0 saturated carbocycles. The van der Waals surface area contributed by atoms with Gasteiger partial charge in [0.1, 0.15) is 5.67 Å². The molecule has 0 atom stereocenters. The largest absolute Gasteiger partial charge is 0.335 e. The third-order valence-electron chi connectivity index (χ3n) is 1.51. The summed E-state index contributed by atoms with van der Waals surface area (Å²) in [4.78, 5) is 12.3. The molecule has 1 saturated heterocycles. The minimum absolute atomic E-state index is 0.0323. The van der Waals surface area contributed by atoms with Gasteiger partial charge in [0.05, 0.1) is 18.4 Å². The topological polar surface area (TPSA) is 20.3 Å². The van der Waals surface area contributed by atoms with Crippen LogP contribution in [-0.2, 0) is 4.79 Å². The van der Waals surface area contributed by atoms with Gasteiger partial charge in [0.2, 0.25) is 5.91 Å². The Hall–Kier alpha value is -0.120. The normalized spacial score (nSPS) is 22.1. The number of halogens is 2. The molecule has 0 N–H and O–H groups in total. The third kappa shape index (κ3) is 1.48. The summed E-state index contributed by atoms with van der Waals surface area (Å²) in [6, 6.07) is 0. The van der Waals surface area contributed by atoms with Gasteiger partial charge in [0.25, 0.3) is 0 Å². The molecule has 1 aliphatic rings. The number of alkyl halides is 2. The summed E-state index contributed by atoms with van der Waals surface area (Å²) < 4.78 is 12.7. The van der Waals surface area contributed by atoms with E-state index in [1.807, 2.05) is 0 Å². The lowest BCUT2D eigenvalue weighted by molar-refractivity contribution is -0.140. The molecule has 2 nitrogen and oxygen atoms in total. The van der Waals surface area contributed by atoms with Gasteiger partial charge in [-0.15, -0.1) is 0 Å². The average Bonchev–Trinajstić information content (AvgIpc) is 1.81. The van der Waals surface area contributed by atoms with E-state index >= 15 is 0 Å². The van der Waals surface area contributed by atoms with Crippen molar-refractivity contribution in [3.8, 4) is 0 Å². The molecule has 0 spiro atoms. The minimum atomic E-state index is -1.14. The Morgan fingerprint density at radius 2 is 2.30 bits per heavy atom. The van der Waals surface area contributed by atoms with Gasteiger partial charge in [0.15, 0.2) is 0 Å². The predicted molar refractivity (Wildman–Crippen MR) is 39.9 cm³/mol. The van der Waals surface area contributed by atoms with Gasteiger partial charge in [-0.2, -0.15) is 0 Å². The van der Waals surface area contributed by atoms with E-state index in [0.29, 0.717) is 5.33 Å². The van der Waals surface area contributed by atoms with Gasteiger partial charge in [0, 0.05) is 0 Å². The van der Waals surface area contributed by atoms with Gasteiger partial charge < -0.3 is 4.90 Å². The molecule has 0 aromatic heterocycles. The lowest BCUT2D eigenvalue weighted by atomic mass is 9.99. The van der Waals surface area contributed by atoms with Crippen molar-refractivity contribution in [3.63, 3.8) is 0 Å². The van der Waals surface area contributed by atoms with E-state index in [2.05, 4.69) is 15.9 Å². The number of rotatable bonds is 1. The van der Waals surface area contributed by atoms with Crippen molar-refractivity contribution >= 4 is 21.8 Å². The van der Waals surface area contributed by atoms with Crippen LogP contribution in [0.5, 0.6) is 0 Å². The van der Waals surface area contributed by atoms with Crippen molar-refractivity contribution in [2.45, 2.75) is 12.6 Å². The van der Waals surface area contributed by atoms with Gasteiger partial charge >= 0.3 is 0 Å². The van der Waals surface area contributed by atoms with Gasteiger partial charge in [-0.3, -0.25) is 4.79 Å². The molecule has 58 valence electrons. The Kier molecular flexibility index (Phi) is 1.99. The SMILES string of the molecule is CC1(F)CN(C(=O)CBr)C1. The first-order valence-corrected chi connectivity index (χ1v) is 4.20. The van der Waals surface area contributed by atoms with E-state index in [1.165, 1.54) is 11.8 Å². The lowest BCUT2D eigenvalue weighted by Crippen LogP contribution is -2.59. The number of hydrogen-bond acceptors (Lipinski definition) is 1.